The molecule has 1 saturated heterocycles. The molecular weight excluding hydrogens is 296 g/mol. The predicted molar refractivity (Wildman–Crippen MR) is 81.2 cm³/mol. The number of hydrogen-bond donors (Lipinski definition) is 0. The van der Waals surface area contributed by atoms with Crippen LogP contribution < -0.4 is 4.74 Å². The fraction of sp³-hybridized carbons (Fsp3) is 0.438. The Morgan fingerprint density at radius 2 is 2.35 bits per heavy atom. The molecule has 1 aromatic carbocycles. The van der Waals surface area contributed by atoms with Gasteiger partial charge in [-0.15, -0.1) is 5.10 Å². The lowest BCUT2D eigenvalue weighted by molar-refractivity contribution is -0.0627. The first-order chi connectivity index (χ1) is 11.3. The van der Waals surface area contributed by atoms with Crippen LogP contribution in [0.5, 0.6) is 5.75 Å². The van der Waals surface area contributed by atoms with Crippen LogP contribution >= 0.6 is 0 Å². The van der Waals surface area contributed by atoms with E-state index in [0.29, 0.717) is 31.0 Å². The first kappa shape index (κ1) is 14.2. The zero-order valence-electron chi connectivity index (χ0n) is 12.9. The molecule has 1 aromatic heterocycles. The summed E-state index contributed by atoms with van der Waals surface area (Å²) in [6, 6.07) is 7.41. The van der Waals surface area contributed by atoms with Crippen LogP contribution in [0.25, 0.3) is 0 Å². The molecule has 4 rings (SSSR count). The lowest BCUT2D eigenvalue weighted by Crippen LogP contribution is -2.50. The molecule has 0 unspecified atom stereocenters. The quantitative estimate of drug-likeness (QED) is 0.835. The lowest BCUT2D eigenvalue weighted by atomic mass is 9.99. The van der Waals surface area contributed by atoms with Crippen LogP contribution in [0.15, 0.2) is 30.5 Å². The normalized spacial score (nSPS) is 23.1. The van der Waals surface area contributed by atoms with Crippen molar-refractivity contribution in [1.82, 2.24) is 19.9 Å². The molecule has 3 heterocycles. The Morgan fingerprint density at radius 1 is 1.43 bits per heavy atom. The SMILES string of the molecule is COc1cccc(C(=O)N2CC[C@@H]3[C@@H](C2)OCc2cnnn23)c1. The number of ether oxygens (including phenoxy) is 2. The van der Waals surface area contributed by atoms with Gasteiger partial charge in [0.2, 0.25) is 0 Å². The van der Waals surface area contributed by atoms with Crippen LogP contribution in [0.4, 0.5) is 0 Å². The molecule has 120 valence electrons. The number of hydrogen-bond acceptors (Lipinski definition) is 5. The maximum atomic E-state index is 12.7. The zero-order chi connectivity index (χ0) is 15.8. The minimum atomic E-state index is -0.0347. The van der Waals surface area contributed by atoms with Gasteiger partial charge in [0.25, 0.3) is 5.91 Å². The number of nitrogens with zero attached hydrogens (tertiary/aromatic N) is 4. The molecule has 2 aromatic rings. The van der Waals surface area contributed by atoms with Gasteiger partial charge >= 0.3 is 0 Å². The van der Waals surface area contributed by atoms with Crippen LogP contribution in [0.3, 0.4) is 0 Å². The number of likely N-dealkylation sites (tertiary alicyclic amines) is 1. The van der Waals surface area contributed by atoms with Crippen molar-refractivity contribution in [3.8, 4) is 5.75 Å². The van der Waals surface area contributed by atoms with Crippen molar-refractivity contribution >= 4 is 5.91 Å². The van der Waals surface area contributed by atoms with Gasteiger partial charge in [-0.05, 0) is 24.6 Å². The summed E-state index contributed by atoms with van der Waals surface area (Å²) < 4.78 is 13.0. The van der Waals surface area contributed by atoms with Gasteiger partial charge in [-0.2, -0.15) is 0 Å². The van der Waals surface area contributed by atoms with Crippen molar-refractivity contribution in [3.05, 3.63) is 41.7 Å². The number of methoxy groups -OCH3 is 1. The Morgan fingerprint density at radius 3 is 3.22 bits per heavy atom. The smallest absolute Gasteiger partial charge is 0.254 e. The van der Waals surface area contributed by atoms with E-state index in [4.69, 9.17) is 9.47 Å². The molecule has 0 aliphatic carbocycles. The zero-order valence-corrected chi connectivity index (χ0v) is 12.9. The molecule has 2 aliphatic heterocycles. The number of rotatable bonds is 2. The van der Waals surface area contributed by atoms with E-state index in [1.807, 2.05) is 27.8 Å². The fourth-order valence-electron chi connectivity index (χ4n) is 3.31. The number of piperidine rings is 1. The molecule has 1 fully saturated rings. The largest absolute Gasteiger partial charge is 0.497 e. The van der Waals surface area contributed by atoms with Gasteiger partial charge in [-0.25, -0.2) is 4.68 Å². The van der Waals surface area contributed by atoms with Gasteiger partial charge in [0.1, 0.15) is 5.75 Å². The summed E-state index contributed by atoms with van der Waals surface area (Å²) in [6.07, 6.45) is 2.52. The summed E-state index contributed by atoms with van der Waals surface area (Å²) in [5.41, 5.74) is 1.64. The van der Waals surface area contributed by atoms with Crippen LogP contribution in [0, 0.1) is 0 Å². The Hall–Kier alpha value is -2.41. The number of carbonyl (C=O) groups excluding carboxylic acids is 1. The third-order valence-corrected chi connectivity index (χ3v) is 4.54. The molecule has 23 heavy (non-hydrogen) atoms. The number of fused-ring (bicyclic) bond motifs is 3. The highest BCUT2D eigenvalue weighted by Crippen LogP contribution is 2.31. The molecule has 0 bridgehead atoms. The van der Waals surface area contributed by atoms with Gasteiger partial charge in [-0.1, -0.05) is 11.3 Å². The van der Waals surface area contributed by atoms with E-state index < -0.39 is 0 Å². The fourth-order valence-corrected chi connectivity index (χ4v) is 3.31. The number of amides is 1. The van der Waals surface area contributed by atoms with Crippen LogP contribution in [0.1, 0.15) is 28.5 Å². The van der Waals surface area contributed by atoms with Crippen LogP contribution in [-0.2, 0) is 11.3 Å². The summed E-state index contributed by atoms with van der Waals surface area (Å²) in [7, 11) is 1.60. The van der Waals surface area contributed by atoms with E-state index in [1.54, 1.807) is 19.4 Å². The summed E-state index contributed by atoms with van der Waals surface area (Å²) >= 11 is 0. The molecule has 2 aliphatic rings. The molecule has 7 heteroatoms. The minimum absolute atomic E-state index is 0.00957. The standard InChI is InChI=1S/C16H18N4O3/c1-22-13-4-2-3-11(7-13)16(21)19-6-5-14-15(9-19)23-10-12-8-17-18-20(12)14/h2-4,7-8,14-15H,5-6,9-10H2,1H3/t14-,15-/m1/s1. The average Bonchev–Trinajstić information content (AvgIpc) is 3.09. The Kier molecular flexibility index (Phi) is 3.49. The lowest BCUT2D eigenvalue weighted by Gasteiger charge is -2.41. The monoisotopic (exact) mass is 314 g/mol. The van der Waals surface area contributed by atoms with Crippen molar-refractivity contribution in [3.63, 3.8) is 0 Å². The summed E-state index contributed by atoms with van der Waals surface area (Å²) in [6.45, 7) is 1.75. The Balaban J connectivity index is 1.51. The maximum Gasteiger partial charge on any atom is 0.254 e. The molecule has 1 amide bonds. The van der Waals surface area contributed by atoms with Crippen LogP contribution in [-0.4, -0.2) is 52.1 Å². The topological polar surface area (TPSA) is 69.5 Å². The Bertz CT molecular complexity index is 730. The van der Waals surface area contributed by atoms with Gasteiger partial charge < -0.3 is 14.4 Å². The van der Waals surface area contributed by atoms with Crippen molar-refractivity contribution in [2.45, 2.75) is 25.2 Å². The second-order valence-electron chi connectivity index (χ2n) is 5.86. The van der Waals surface area contributed by atoms with Crippen molar-refractivity contribution in [1.29, 1.82) is 0 Å². The maximum absolute atomic E-state index is 12.7. The molecule has 0 radical (unpaired) electrons. The van der Waals surface area contributed by atoms with E-state index in [0.717, 1.165) is 12.1 Å². The first-order valence-electron chi connectivity index (χ1n) is 7.70. The summed E-state index contributed by atoms with van der Waals surface area (Å²) in [5, 5.41) is 8.11. The van der Waals surface area contributed by atoms with E-state index >= 15 is 0 Å². The summed E-state index contributed by atoms with van der Waals surface area (Å²) in [4.78, 5) is 14.6. The number of carbonyl (C=O) groups is 1. The Labute approximate surface area is 133 Å². The minimum Gasteiger partial charge on any atom is -0.497 e. The predicted octanol–water partition coefficient (Wildman–Crippen LogP) is 1.27. The molecule has 7 nitrogen and oxygen atoms in total. The highest BCUT2D eigenvalue weighted by Gasteiger charge is 2.37. The van der Waals surface area contributed by atoms with E-state index in [-0.39, 0.29) is 18.1 Å². The molecule has 0 N–H and O–H groups in total. The van der Waals surface area contributed by atoms with Crippen molar-refractivity contribution in [2.75, 3.05) is 20.2 Å². The number of aromatic nitrogens is 3. The average molecular weight is 314 g/mol. The highest BCUT2D eigenvalue weighted by molar-refractivity contribution is 5.94. The first-order valence-corrected chi connectivity index (χ1v) is 7.70. The van der Waals surface area contributed by atoms with Crippen LogP contribution in [0.2, 0.25) is 0 Å². The molecule has 2 atom stereocenters. The van der Waals surface area contributed by atoms with E-state index in [9.17, 15) is 4.79 Å². The molecule has 0 saturated carbocycles. The van der Waals surface area contributed by atoms with Gasteiger partial charge in [0.15, 0.2) is 0 Å². The van der Waals surface area contributed by atoms with Crippen molar-refractivity contribution in [2.24, 2.45) is 0 Å². The third kappa shape index (κ3) is 2.46. The second kappa shape index (κ2) is 5.66. The molecule has 0 spiro atoms. The van der Waals surface area contributed by atoms with Gasteiger partial charge in [0.05, 0.1) is 37.8 Å². The van der Waals surface area contributed by atoms with Gasteiger partial charge in [0, 0.05) is 18.7 Å². The number of benzene rings is 1. The summed E-state index contributed by atoms with van der Waals surface area (Å²) in [5.74, 6) is 0.697. The second-order valence-corrected chi connectivity index (χ2v) is 5.86. The molecular formula is C16H18N4O3. The van der Waals surface area contributed by atoms with E-state index in [1.165, 1.54) is 0 Å². The van der Waals surface area contributed by atoms with E-state index in [2.05, 4.69) is 10.3 Å². The highest BCUT2D eigenvalue weighted by atomic mass is 16.5. The third-order valence-electron chi connectivity index (χ3n) is 4.54. The van der Waals surface area contributed by atoms with Crippen molar-refractivity contribution < 1.29 is 14.3 Å². The van der Waals surface area contributed by atoms with Gasteiger partial charge in [-0.3, -0.25) is 4.79 Å².